The predicted molar refractivity (Wildman–Crippen MR) is 72.4 cm³/mol. The number of urea groups is 1. The Balaban J connectivity index is 2.09. The molecule has 0 fully saturated rings. The fraction of sp³-hybridized carbons (Fsp3) is 0.429. The van der Waals surface area contributed by atoms with E-state index in [9.17, 15) is 9.59 Å². The summed E-state index contributed by atoms with van der Waals surface area (Å²) in [5, 5.41) is 8.71. The molecule has 19 heavy (non-hydrogen) atoms. The molecule has 1 N–H and O–H groups in total. The third-order valence-electron chi connectivity index (χ3n) is 3.37. The topological polar surface area (TPSA) is 60.9 Å². The van der Waals surface area contributed by atoms with Gasteiger partial charge in [0.25, 0.3) is 0 Å². The molecule has 0 atom stereocenters. The Hall–Kier alpha value is -2.04. The molecule has 0 saturated heterocycles. The van der Waals surface area contributed by atoms with Crippen LogP contribution in [0.5, 0.6) is 0 Å². The molecule has 0 bridgehead atoms. The van der Waals surface area contributed by atoms with E-state index in [4.69, 9.17) is 5.11 Å². The van der Waals surface area contributed by atoms with Gasteiger partial charge in [0.15, 0.2) is 0 Å². The third kappa shape index (κ3) is 2.86. The van der Waals surface area contributed by atoms with Gasteiger partial charge in [-0.05, 0) is 25.0 Å². The largest absolute Gasteiger partial charge is 0.481 e. The van der Waals surface area contributed by atoms with Crippen LogP contribution in [0.4, 0.5) is 10.5 Å². The highest BCUT2D eigenvalue weighted by Crippen LogP contribution is 2.28. The molecular weight excluding hydrogens is 244 g/mol. The monoisotopic (exact) mass is 262 g/mol. The smallest absolute Gasteiger partial charge is 0.324 e. The average molecular weight is 262 g/mol. The predicted octanol–water partition coefficient (Wildman–Crippen LogP) is 1.97. The standard InChI is InChI=1S/C14H18N2O3/c1-2-15(9-8-13(17)18)14(19)16-10-7-11-5-3-4-6-12(11)16/h3-6H,2,7-10H2,1H3,(H,17,18). The lowest BCUT2D eigenvalue weighted by molar-refractivity contribution is -0.137. The van der Waals surface area contributed by atoms with Crippen molar-refractivity contribution in [2.45, 2.75) is 19.8 Å². The zero-order chi connectivity index (χ0) is 13.8. The van der Waals surface area contributed by atoms with Crippen molar-refractivity contribution in [3.63, 3.8) is 0 Å². The minimum absolute atomic E-state index is 0.0188. The van der Waals surface area contributed by atoms with E-state index in [1.807, 2.05) is 31.2 Å². The van der Waals surface area contributed by atoms with Crippen LogP contribution in [0, 0.1) is 0 Å². The molecule has 102 valence electrons. The Labute approximate surface area is 112 Å². The Kier molecular flexibility index (Phi) is 4.04. The molecule has 0 spiro atoms. The van der Waals surface area contributed by atoms with Gasteiger partial charge in [0.2, 0.25) is 0 Å². The molecule has 0 aromatic heterocycles. The summed E-state index contributed by atoms with van der Waals surface area (Å²) in [6, 6.07) is 7.74. The van der Waals surface area contributed by atoms with Crippen molar-refractivity contribution in [3.8, 4) is 0 Å². The van der Waals surface area contributed by atoms with Gasteiger partial charge >= 0.3 is 12.0 Å². The number of hydrogen-bond acceptors (Lipinski definition) is 2. The van der Waals surface area contributed by atoms with Crippen LogP contribution in [-0.4, -0.2) is 41.6 Å². The number of rotatable bonds is 4. The summed E-state index contributed by atoms with van der Waals surface area (Å²) in [6.07, 6.45) is 0.841. The first kappa shape index (κ1) is 13.4. The van der Waals surface area contributed by atoms with Gasteiger partial charge in [-0.2, -0.15) is 0 Å². The van der Waals surface area contributed by atoms with Crippen LogP contribution in [0.1, 0.15) is 18.9 Å². The van der Waals surface area contributed by atoms with Gasteiger partial charge in [-0.1, -0.05) is 18.2 Å². The van der Waals surface area contributed by atoms with E-state index in [1.54, 1.807) is 9.80 Å². The molecule has 5 heteroatoms. The van der Waals surface area contributed by atoms with Gasteiger partial charge in [-0.25, -0.2) is 4.79 Å². The van der Waals surface area contributed by atoms with Gasteiger partial charge < -0.3 is 10.0 Å². The number of hydrogen-bond donors (Lipinski definition) is 1. The van der Waals surface area contributed by atoms with Crippen LogP contribution in [-0.2, 0) is 11.2 Å². The molecule has 5 nitrogen and oxygen atoms in total. The Morgan fingerprint density at radius 1 is 1.37 bits per heavy atom. The summed E-state index contributed by atoms with van der Waals surface area (Å²) in [6.45, 7) is 3.30. The first-order chi connectivity index (χ1) is 9.13. The molecule has 1 aromatic carbocycles. The van der Waals surface area contributed by atoms with E-state index in [1.165, 1.54) is 5.56 Å². The highest BCUT2D eigenvalue weighted by atomic mass is 16.4. The maximum Gasteiger partial charge on any atom is 0.324 e. The number of carboxylic acids is 1. The third-order valence-corrected chi connectivity index (χ3v) is 3.37. The second-order valence-electron chi connectivity index (χ2n) is 4.54. The van der Waals surface area contributed by atoms with Gasteiger partial charge in [0.1, 0.15) is 0 Å². The molecule has 2 amide bonds. The van der Waals surface area contributed by atoms with Gasteiger partial charge in [0.05, 0.1) is 6.42 Å². The van der Waals surface area contributed by atoms with Crippen LogP contribution in [0.2, 0.25) is 0 Å². The maximum absolute atomic E-state index is 12.4. The van der Waals surface area contributed by atoms with Crippen LogP contribution in [0.3, 0.4) is 0 Å². The zero-order valence-corrected chi connectivity index (χ0v) is 11.0. The lowest BCUT2D eigenvalue weighted by atomic mass is 10.2. The average Bonchev–Trinajstić information content (AvgIpc) is 2.82. The number of aliphatic carboxylic acids is 1. The number of anilines is 1. The molecule has 1 aliphatic heterocycles. The first-order valence-electron chi connectivity index (χ1n) is 6.49. The van der Waals surface area contributed by atoms with Crippen LogP contribution in [0.25, 0.3) is 0 Å². The van der Waals surface area contributed by atoms with E-state index in [-0.39, 0.29) is 19.0 Å². The number of benzene rings is 1. The Morgan fingerprint density at radius 3 is 2.79 bits per heavy atom. The highest BCUT2D eigenvalue weighted by molar-refractivity contribution is 5.94. The lowest BCUT2D eigenvalue weighted by Crippen LogP contribution is -2.43. The van der Waals surface area contributed by atoms with E-state index in [2.05, 4.69) is 0 Å². The number of nitrogens with zero attached hydrogens (tertiary/aromatic N) is 2. The molecule has 0 aliphatic carbocycles. The number of carbonyl (C=O) groups is 2. The quantitative estimate of drug-likeness (QED) is 0.902. The number of para-hydroxylation sites is 1. The minimum Gasteiger partial charge on any atom is -0.481 e. The number of fused-ring (bicyclic) bond motifs is 1. The van der Waals surface area contributed by atoms with Crippen molar-refractivity contribution in [2.24, 2.45) is 0 Å². The van der Waals surface area contributed by atoms with Crippen LogP contribution >= 0.6 is 0 Å². The molecular formula is C14H18N2O3. The lowest BCUT2D eigenvalue weighted by Gasteiger charge is -2.27. The van der Waals surface area contributed by atoms with Crippen molar-refractivity contribution in [1.29, 1.82) is 0 Å². The van der Waals surface area contributed by atoms with Crippen LogP contribution < -0.4 is 4.90 Å². The Morgan fingerprint density at radius 2 is 2.11 bits per heavy atom. The molecule has 1 aromatic rings. The van der Waals surface area contributed by atoms with E-state index in [0.717, 1.165) is 12.1 Å². The summed E-state index contributed by atoms with van der Waals surface area (Å²) < 4.78 is 0. The second kappa shape index (κ2) is 5.73. The summed E-state index contributed by atoms with van der Waals surface area (Å²) in [4.78, 5) is 26.3. The van der Waals surface area contributed by atoms with Gasteiger partial charge in [-0.3, -0.25) is 9.69 Å². The van der Waals surface area contributed by atoms with Crippen LogP contribution in [0.15, 0.2) is 24.3 Å². The summed E-state index contributed by atoms with van der Waals surface area (Å²) in [5.74, 6) is -0.881. The molecule has 0 radical (unpaired) electrons. The minimum atomic E-state index is -0.881. The zero-order valence-electron chi connectivity index (χ0n) is 11.0. The number of amides is 2. The normalized spacial score (nSPS) is 13.2. The first-order valence-corrected chi connectivity index (χ1v) is 6.49. The van der Waals surface area contributed by atoms with E-state index < -0.39 is 5.97 Å². The summed E-state index contributed by atoms with van der Waals surface area (Å²) in [7, 11) is 0. The molecule has 2 rings (SSSR count). The Bertz CT molecular complexity index is 487. The summed E-state index contributed by atoms with van der Waals surface area (Å²) >= 11 is 0. The van der Waals surface area contributed by atoms with Crippen molar-refractivity contribution in [2.75, 3.05) is 24.5 Å². The maximum atomic E-state index is 12.4. The number of carbonyl (C=O) groups excluding carboxylic acids is 1. The van der Waals surface area contributed by atoms with E-state index in [0.29, 0.717) is 13.1 Å². The van der Waals surface area contributed by atoms with Crippen molar-refractivity contribution < 1.29 is 14.7 Å². The molecule has 1 heterocycles. The molecule has 0 unspecified atom stereocenters. The van der Waals surface area contributed by atoms with Gasteiger partial charge in [-0.15, -0.1) is 0 Å². The molecule has 0 saturated carbocycles. The fourth-order valence-electron chi connectivity index (χ4n) is 2.33. The SMILES string of the molecule is CCN(CCC(=O)O)C(=O)N1CCc2ccccc21. The van der Waals surface area contributed by atoms with Crippen molar-refractivity contribution >= 4 is 17.7 Å². The second-order valence-corrected chi connectivity index (χ2v) is 4.54. The van der Waals surface area contributed by atoms with E-state index >= 15 is 0 Å². The van der Waals surface area contributed by atoms with Crippen molar-refractivity contribution in [1.82, 2.24) is 4.90 Å². The fourth-order valence-corrected chi connectivity index (χ4v) is 2.33. The molecule has 1 aliphatic rings. The van der Waals surface area contributed by atoms with Gasteiger partial charge in [0, 0.05) is 25.3 Å². The van der Waals surface area contributed by atoms with Crippen molar-refractivity contribution in [3.05, 3.63) is 29.8 Å². The summed E-state index contributed by atoms with van der Waals surface area (Å²) in [5.41, 5.74) is 2.12. The highest BCUT2D eigenvalue weighted by Gasteiger charge is 2.27. The number of carboxylic acid groups (broad SMARTS) is 1.